The summed E-state index contributed by atoms with van der Waals surface area (Å²) in [6.45, 7) is 3.45. The molecular weight excluding hydrogens is 324 g/mol. The average Bonchev–Trinajstić information content (AvgIpc) is 2.55. The van der Waals surface area contributed by atoms with Crippen LogP contribution in [0.5, 0.6) is 0 Å². The molecule has 0 saturated carbocycles. The van der Waals surface area contributed by atoms with Crippen molar-refractivity contribution in [2.75, 3.05) is 10.6 Å². The Kier molecular flexibility index (Phi) is 5.62. The van der Waals surface area contributed by atoms with Gasteiger partial charge in [-0.3, -0.25) is 9.10 Å². The van der Waals surface area contributed by atoms with Crippen LogP contribution in [0.1, 0.15) is 25.5 Å². The van der Waals surface area contributed by atoms with E-state index in [2.05, 4.69) is 5.32 Å². The average molecular weight is 346 g/mol. The van der Waals surface area contributed by atoms with Crippen LogP contribution in [0.3, 0.4) is 0 Å². The second-order valence-corrected chi connectivity index (χ2v) is 7.57. The van der Waals surface area contributed by atoms with E-state index in [0.717, 1.165) is 16.1 Å². The Morgan fingerprint density at radius 3 is 1.96 bits per heavy atom. The quantitative estimate of drug-likeness (QED) is 0.874. The minimum Gasteiger partial charge on any atom is -0.348 e. The predicted molar refractivity (Wildman–Crippen MR) is 96.2 cm³/mol. The van der Waals surface area contributed by atoms with Crippen LogP contribution in [-0.2, 0) is 14.8 Å². The number of rotatable bonds is 6. The van der Waals surface area contributed by atoms with Gasteiger partial charge < -0.3 is 5.32 Å². The lowest BCUT2D eigenvalue weighted by Gasteiger charge is -2.29. The molecule has 0 radical (unpaired) electrons. The fourth-order valence-corrected chi connectivity index (χ4v) is 3.72. The summed E-state index contributed by atoms with van der Waals surface area (Å²) in [5, 5.41) is 2.87. The molecule has 0 spiro atoms. The number of carbonyl (C=O) groups is 1. The number of nitrogens with one attached hydrogen (secondary N) is 1. The third-order valence-electron chi connectivity index (χ3n) is 3.76. The van der Waals surface area contributed by atoms with Gasteiger partial charge in [0.25, 0.3) is 0 Å². The third-order valence-corrected chi connectivity index (χ3v) is 5.00. The summed E-state index contributed by atoms with van der Waals surface area (Å²) >= 11 is 0. The molecule has 24 heavy (non-hydrogen) atoms. The van der Waals surface area contributed by atoms with Gasteiger partial charge in [-0.05, 0) is 31.5 Å². The maximum absolute atomic E-state index is 12.6. The van der Waals surface area contributed by atoms with Gasteiger partial charge in [0.2, 0.25) is 15.9 Å². The highest BCUT2D eigenvalue weighted by molar-refractivity contribution is 7.92. The second-order valence-electron chi connectivity index (χ2n) is 5.71. The summed E-state index contributed by atoms with van der Waals surface area (Å²) in [5.41, 5.74) is 1.43. The van der Waals surface area contributed by atoms with E-state index in [-0.39, 0.29) is 11.9 Å². The van der Waals surface area contributed by atoms with Gasteiger partial charge in [-0.2, -0.15) is 0 Å². The fraction of sp³-hybridized carbons (Fsp3) is 0.278. The van der Waals surface area contributed by atoms with Crippen molar-refractivity contribution in [1.82, 2.24) is 5.32 Å². The lowest BCUT2D eigenvalue weighted by atomic mass is 10.1. The lowest BCUT2D eigenvalue weighted by Crippen LogP contribution is -2.48. The molecule has 2 rings (SSSR count). The number of amides is 1. The second kappa shape index (κ2) is 7.49. The lowest BCUT2D eigenvalue weighted by molar-refractivity contribution is -0.122. The van der Waals surface area contributed by atoms with Crippen LogP contribution in [-0.4, -0.2) is 26.6 Å². The van der Waals surface area contributed by atoms with Crippen molar-refractivity contribution >= 4 is 21.6 Å². The van der Waals surface area contributed by atoms with Gasteiger partial charge in [-0.1, -0.05) is 48.5 Å². The Balaban J connectivity index is 2.21. The highest BCUT2D eigenvalue weighted by Crippen LogP contribution is 2.21. The number of carbonyl (C=O) groups excluding carboxylic acids is 1. The summed E-state index contributed by atoms with van der Waals surface area (Å²) in [6.07, 6.45) is 1.10. The Morgan fingerprint density at radius 2 is 1.46 bits per heavy atom. The zero-order chi connectivity index (χ0) is 17.7. The highest BCUT2D eigenvalue weighted by atomic mass is 32.2. The Labute approximate surface area is 143 Å². The molecule has 6 heteroatoms. The summed E-state index contributed by atoms with van der Waals surface area (Å²) in [5.74, 6) is -0.347. The molecule has 2 aromatic carbocycles. The first-order chi connectivity index (χ1) is 11.3. The third kappa shape index (κ3) is 4.35. The van der Waals surface area contributed by atoms with Crippen molar-refractivity contribution in [2.45, 2.75) is 25.9 Å². The molecule has 128 valence electrons. The van der Waals surface area contributed by atoms with E-state index in [0.29, 0.717) is 5.69 Å². The van der Waals surface area contributed by atoms with Gasteiger partial charge in [0.05, 0.1) is 18.0 Å². The summed E-state index contributed by atoms with van der Waals surface area (Å²) in [7, 11) is -3.59. The molecule has 1 amide bonds. The topological polar surface area (TPSA) is 66.5 Å². The number of hydrogen-bond acceptors (Lipinski definition) is 3. The van der Waals surface area contributed by atoms with Gasteiger partial charge in [0.15, 0.2) is 0 Å². The molecule has 5 nitrogen and oxygen atoms in total. The summed E-state index contributed by atoms with van der Waals surface area (Å²) in [4.78, 5) is 12.6. The van der Waals surface area contributed by atoms with Crippen LogP contribution >= 0.6 is 0 Å². The van der Waals surface area contributed by atoms with Crippen molar-refractivity contribution in [2.24, 2.45) is 0 Å². The molecule has 0 aromatic heterocycles. The normalized spacial score (nSPS) is 13.8. The number of anilines is 1. The molecule has 0 bridgehead atoms. The van der Waals surface area contributed by atoms with Crippen molar-refractivity contribution in [1.29, 1.82) is 0 Å². The molecule has 0 unspecified atom stereocenters. The van der Waals surface area contributed by atoms with E-state index in [9.17, 15) is 13.2 Å². The zero-order valence-corrected chi connectivity index (χ0v) is 14.8. The van der Waals surface area contributed by atoms with Gasteiger partial charge in [0.1, 0.15) is 6.04 Å². The van der Waals surface area contributed by atoms with Crippen LogP contribution in [0.15, 0.2) is 60.7 Å². The Bertz CT molecular complexity index is 776. The minimum absolute atomic E-state index is 0.210. The molecule has 1 N–H and O–H groups in total. The van der Waals surface area contributed by atoms with Crippen molar-refractivity contribution < 1.29 is 13.2 Å². The molecule has 0 heterocycles. The summed E-state index contributed by atoms with van der Waals surface area (Å²) in [6, 6.07) is 17.1. The number of nitrogens with zero attached hydrogens (tertiary/aromatic N) is 1. The zero-order valence-electron chi connectivity index (χ0n) is 14.0. The van der Waals surface area contributed by atoms with E-state index >= 15 is 0 Å². The molecule has 0 fully saturated rings. The number of para-hydroxylation sites is 1. The van der Waals surface area contributed by atoms with E-state index < -0.39 is 16.1 Å². The van der Waals surface area contributed by atoms with Gasteiger partial charge in [-0.15, -0.1) is 0 Å². The van der Waals surface area contributed by atoms with Gasteiger partial charge >= 0.3 is 0 Å². The van der Waals surface area contributed by atoms with E-state index in [1.807, 2.05) is 37.3 Å². The molecule has 0 aliphatic heterocycles. The summed E-state index contributed by atoms with van der Waals surface area (Å²) < 4.78 is 25.5. The molecular formula is C18H22N2O3S. The standard InChI is InChI=1S/C18H22N2O3S/c1-14(16-10-6-4-7-11-16)19-18(21)15(2)20(24(3,22)23)17-12-8-5-9-13-17/h4-15H,1-3H3,(H,19,21)/t14-,15-/m1/s1. The maximum Gasteiger partial charge on any atom is 0.244 e. The van der Waals surface area contributed by atoms with Gasteiger partial charge in [-0.25, -0.2) is 8.42 Å². The fourth-order valence-electron chi connectivity index (χ4n) is 2.54. The first kappa shape index (κ1) is 18.0. The predicted octanol–water partition coefficient (Wildman–Crippen LogP) is 2.72. The smallest absolute Gasteiger partial charge is 0.244 e. The monoisotopic (exact) mass is 346 g/mol. The SMILES string of the molecule is C[C@H](C(=O)N[C@H](C)c1ccccc1)N(c1ccccc1)S(C)(=O)=O. The highest BCUT2D eigenvalue weighted by Gasteiger charge is 2.29. The van der Waals surface area contributed by atoms with Crippen LogP contribution in [0, 0.1) is 0 Å². The van der Waals surface area contributed by atoms with Crippen LogP contribution in [0.25, 0.3) is 0 Å². The largest absolute Gasteiger partial charge is 0.348 e. The minimum atomic E-state index is -3.59. The van der Waals surface area contributed by atoms with Crippen molar-refractivity contribution in [3.63, 3.8) is 0 Å². The maximum atomic E-state index is 12.6. The number of benzene rings is 2. The molecule has 0 aliphatic rings. The van der Waals surface area contributed by atoms with E-state index in [1.54, 1.807) is 37.3 Å². The molecule has 2 atom stereocenters. The van der Waals surface area contributed by atoms with E-state index in [4.69, 9.17) is 0 Å². The Hall–Kier alpha value is -2.34. The molecule has 0 saturated heterocycles. The van der Waals surface area contributed by atoms with Crippen LogP contribution in [0.4, 0.5) is 5.69 Å². The van der Waals surface area contributed by atoms with Crippen molar-refractivity contribution in [3.05, 3.63) is 66.2 Å². The van der Waals surface area contributed by atoms with E-state index in [1.165, 1.54) is 0 Å². The van der Waals surface area contributed by atoms with Gasteiger partial charge in [0, 0.05) is 0 Å². The Morgan fingerprint density at radius 1 is 0.958 bits per heavy atom. The van der Waals surface area contributed by atoms with Crippen LogP contribution < -0.4 is 9.62 Å². The van der Waals surface area contributed by atoms with Crippen LogP contribution in [0.2, 0.25) is 0 Å². The molecule has 2 aromatic rings. The molecule has 0 aliphatic carbocycles. The number of hydrogen-bond donors (Lipinski definition) is 1. The first-order valence-corrected chi connectivity index (χ1v) is 9.55. The first-order valence-electron chi connectivity index (χ1n) is 7.70. The number of sulfonamides is 1. The van der Waals surface area contributed by atoms with Crippen molar-refractivity contribution in [3.8, 4) is 0 Å².